The fourth-order valence-corrected chi connectivity index (χ4v) is 1.55. The van der Waals surface area contributed by atoms with Gasteiger partial charge in [-0.25, -0.2) is 4.39 Å². The molecule has 1 aromatic carbocycles. The maximum atomic E-state index is 12.9. The van der Waals surface area contributed by atoms with Crippen LogP contribution in [0.2, 0.25) is 5.02 Å². The minimum atomic E-state index is -0.563. The van der Waals surface area contributed by atoms with Crippen LogP contribution < -0.4 is 10.0 Å². The van der Waals surface area contributed by atoms with Gasteiger partial charge in [0.15, 0.2) is 12.4 Å². The van der Waals surface area contributed by atoms with E-state index in [-0.39, 0.29) is 10.6 Å². The molecule has 0 saturated heterocycles. The summed E-state index contributed by atoms with van der Waals surface area (Å²) in [7, 11) is 0. The molecule has 0 bridgehead atoms. The summed E-state index contributed by atoms with van der Waals surface area (Å²) in [6.45, 7) is 0. The Morgan fingerprint density at radius 1 is 1.39 bits per heavy atom. The van der Waals surface area contributed by atoms with E-state index in [2.05, 4.69) is 5.32 Å². The molecule has 0 radical (unpaired) electrons. The van der Waals surface area contributed by atoms with Crippen LogP contribution in [0.5, 0.6) is 0 Å². The highest BCUT2D eigenvalue weighted by Crippen LogP contribution is 2.19. The van der Waals surface area contributed by atoms with Crippen molar-refractivity contribution in [3.8, 4) is 0 Å². The Morgan fingerprint density at radius 2 is 2.17 bits per heavy atom. The zero-order valence-electron chi connectivity index (χ0n) is 9.06. The number of amides is 1. The first kappa shape index (κ1) is 12.3. The number of pyridine rings is 1. The van der Waals surface area contributed by atoms with Crippen molar-refractivity contribution in [2.75, 3.05) is 5.32 Å². The van der Waals surface area contributed by atoms with Gasteiger partial charge in [0.05, 0.1) is 5.02 Å². The average molecular weight is 267 g/mol. The highest BCUT2D eigenvalue weighted by Gasteiger charge is 2.10. The van der Waals surface area contributed by atoms with Gasteiger partial charge in [0, 0.05) is 11.8 Å². The summed E-state index contributed by atoms with van der Waals surface area (Å²) in [5.41, 5.74) is 0.556. The maximum absolute atomic E-state index is 12.9. The fraction of sp³-hybridized carbons (Fsp3) is 0. The van der Waals surface area contributed by atoms with Crippen LogP contribution in [-0.2, 0) is 0 Å². The van der Waals surface area contributed by atoms with Crippen molar-refractivity contribution >= 4 is 23.2 Å². The molecule has 92 valence electrons. The van der Waals surface area contributed by atoms with Crippen molar-refractivity contribution < 1.29 is 13.9 Å². The zero-order valence-corrected chi connectivity index (χ0v) is 9.82. The molecule has 0 aliphatic heterocycles. The van der Waals surface area contributed by atoms with Crippen molar-refractivity contribution in [1.29, 1.82) is 0 Å². The number of hydrogen-bond acceptors (Lipinski definition) is 2. The molecule has 4 nitrogen and oxygen atoms in total. The lowest BCUT2D eigenvalue weighted by molar-refractivity contribution is -0.605. The number of carbonyl (C=O) groups is 1. The molecule has 2 aromatic rings. The Bertz CT molecular complexity index is 604. The van der Waals surface area contributed by atoms with Gasteiger partial charge in [-0.1, -0.05) is 11.6 Å². The predicted octanol–water partition coefficient (Wildman–Crippen LogP) is 2.36. The van der Waals surface area contributed by atoms with E-state index < -0.39 is 11.7 Å². The molecular formula is C12H8ClFN2O2. The monoisotopic (exact) mass is 266 g/mol. The molecule has 0 fully saturated rings. The molecule has 1 aromatic heterocycles. The maximum Gasteiger partial charge on any atom is 0.261 e. The third-order valence-electron chi connectivity index (χ3n) is 2.21. The van der Waals surface area contributed by atoms with Crippen molar-refractivity contribution in [3.05, 3.63) is 64.3 Å². The van der Waals surface area contributed by atoms with Crippen LogP contribution in [-0.4, -0.2) is 5.91 Å². The molecular weight excluding hydrogens is 259 g/mol. The van der Waals surface area contributed by atoms with E-state index in [1.807, 2.05) is 0 Å². The zero-order chi connectivity index (χ0) is 13.1. The van der Waals surface area contributed by atoms with Gasteiger partial charge >= 0.3 is 0 Å². The van der Waals surface area contributed by atoms with Crippen molar-refractivity contribution in [3.63, 3.8) is 0 Å². The van der Waals surface area contributed by atoms with Gasteiger partial charge < -0.3 is 10.5 Å². The van der Waals surface area contributed by atoms with Crippen LogP contribution in [0.3, 0.4) is 0 Å². The lowest BCUT2D eigenvalue weighted by Gasteiger charge is -2.05. The third-order valence-corrected chi connectivity index (χ3v) is 2.50. The van der Waals surface area contributed by atoms with Gasteiger partial charge in [-0.2, -0.15) is 4.73 Å². The Labute approximate surface area is 107 Å². The Hall–Kier alpha value is -2.14. The largest absolute Gasteiger partial charge is 0.619 e. The molecule has 0 spiro atoms. The summed E-state index contributed by atoms with van der Waals surface area (Å²) < 4.78 is 13.4. The van der Waals surface area contributed by atoms with Crippen LogP contribution in [0.25, 0.3) is 0 Å². The Balaban J connectivity index is 2.18. The normalized spacial score (nSPS) is 10.1. The lowest BCUT2D eigenvalue weighted by Crippen LogP contribution is -2.27. The Kier molecular flexibility index (Phi) is 3.43. The molecule has 18 heavy (non-hydrogen) atoms. The van der Waals surface area contributed by atoms with Crippen LogP contribution in [0.1, 0.15) is 10.4 Å². The van der Waals surface area contributed by atoms with E-state index in [0.717, 1.165) is 12.3 Å². The molecule has 0 aliphatic carbocycles. The third kappa shape index (κ3) is 2.75. The number of rotatable bonds is 2. The van der Waals surface area contributed by atoms with Crippen LogP contribution in [0, 0.1) is 11.0 Å². The summed E-state index contributed by atoms with van der Waals surface area (Å²) in [6.07, 6.45) is 2.41. The summed E-state index contributed by atoms with van der Waals surface area (Å²) in [5.74, 6) is -1.03. The number of nitrogens with one attached hydrogen (secondary N) is 1. The number of aromatic nitrogens is 1. The van der Waals surface area contributed by atoms with Crippen molar-refractivity contribution in [2.24, 2.45) is 0 Å². The molecule has 1 N–H and O–H groups in total. The first-order valence-electron chi connectivity index (χ1n) is 5.01. The van der Waals surface area contributed by atoms with Gasteiger partial charge in [0.2, 0.25) is 0 Å². The molecule has 1 amide bonds. The fourth-order valence-electron chi connectivity index (χ4n) is 1.37. The molecule has 0 aliphatic rings. The molecule has 0 atom stereocenters. The smallest absolute Gasteiger partial charge is 0.261 e. The van der Waals surface area contributed by atoms with E-state index in [9.17, 15) is 14.4 Å². The highest BCUT2D eigenvalue weighted by molar-refractivity contribution is 6.31. The first-order valence-corrected chi connectivity index (χ1v) is 5.39. The molecule has 0 unspecified atom stereocenters. The first-order chi connectivity index (χ1) is 8.56. The van der Waals surface area contributed by atoms with Crippen LogP contribution in [0.4, 0.5) is 10.1 Å². The molecule has 1 heterocycles. The second-order valence-electron chi connectivity index (χ2n) is 3.54. The van der Waals surface area contributed by atoms with E-state index >= 15 is 0 Å². The van der Waals surface area contributed by atoms with E-state index in [1.165, 1.54) is 30.5 Å². The minimum absolute atomic E-state index is 0.0836. The Morgan fingerprint density at radius 3 is 2.83 bits per heavy atom. The quantitative estimate of drug-likeness (QED) is 0.670. The highest BCUT2D eigenvalue weighted by atomic mass is 35.5. The lowest BCUT2D eigenvalue weighted by atomic mass is 10.2. The second-order valence-corrected chi connectivity index (χ2v) is 3.94. The SMILES string of the molecule is O=C(Nc1ccc(F)c(Cl)c1)c1ccc[n+]([O-])c1. The number of benzene rings is 1. The van der Waals surface area contributed by atoms with Crippen molar-refractivity contribution in [2.45, 2.75) is 0 Å². The van der Waals surface area contributed by atoms with Gasteiger partial charge in [0.25, 0.3) is 5.91 Å². The minimum Gasteiger partial charge on any atom is -0.619 e. The van der Waals surface area contributed by atoms with Crippen LogP contribution in [0.15, 0.2) is 42.7 Å². The summed E-state index contributed by atoms with van der Waals surface area (Å²) in [6, 6.07) is 6.78. The number of halogens is 2. The number of nitrogens with zero attached hydrogens (tertiary/aromatic N) is 1. The van der Waals surface area contributed by atoms with E-state index in [4.69, 9.17) is 11.6 Å². The van der Waals surface area contributed by atoms with Gasteiger partial charge in [-0.3, -0.25) is 4.79 Å². The second kappa shape index (κ2) is 5.01. The topological polar surface area (TPSA) is 56.0 Å². The molecule has 6 heteroatoms. The number of hydrogen-bond donors (Lipinski definition) is 1. The number of carbonyl (C=O) groups excluding carboxylic acids is 1. The van der Waals surface area contributed by atoms with Gasteiger partial charge in [0.1, 0.15) is 11.4 Å². The number of anilines is 1. The average Bonchev–Trinajstić information content (AvgIpc) is 2.34. The van der Waals surface area contributed by atoms with E-state index in [0.29, 0.717) is 10.4 Å². The summed E-state index contributed by atoms with van der Waals surface area (Å²) >= 11 is 5.59. The molecule has 0 saturated carbocycles. The van der Waals surface area contributed by atoms with E-state index in [1.54, 1.807) is 0 Å². The molecule has 2 rings (SSSR count). The van der Waals surface area contributed by atoms with Gasteiger partial charge in [-0.05, 0) is 24.3 Å². The predicted molar refractivity (Wildman–Crippen MR) is 64.8 cm³/mol. The van der Waals surface area contributed by atoms with Crippen molar-refractivity contribution in [1.82, 2.24) is 0 Å². The van der Waals surface area contributed by atoms with Gasteiger partial charge in [-0.15, -0.1) is 0 Å². The standard InChI is InChI=1S/C12H8ClFN2O2/c13-10-6-9(3-4-11(10)14)15-12(17)8-2-1-5-16(18)7-8/h1-7H,(H,15,17). The summed E-state index contributed by atoms with van der Waals surface area (Å²) in [4.78, 5) is 11.8. The summed E-state index contributed by atoms with van der Waals surface area (Å²) in [5, 5.41) is 13.4. The van der Waals surface area contributed by atoms with Crippen LogP contribution >= 0.6 is 11.6 Å².